The van der Waals surface area contributed by atoms with Gasteiger partial charge in [0.1, 0.15) is 11.9 Å². The van der Waals surface area contributed by atoms with Crippen LogP contribution in [0.25, 0.3) is 0 Å². The molecule has 22 heavy (non-hydrogen) atoms. The molecule has 1 atom stereocenters. The molecular formula is C14H19N3O4S. The number of amides is 1. The van der Waals surface area contributed by atoms with Crippen LogP contribution in [0.5, 0.6) is 0 Å². The minimum absolute atomic E-state index is 0.161. The van der Waals surface area contributed by atoms with E-state index in [9.17, 15) is 13.2 Å². The number of rotatable bonds is 3. The van der Waals surface area contributed by atoms with E-state index in [4.69, 9.17) is 0 Å². The van der Waals surface area contributed by atoms with Gasteiger partial charge in [-0.25, -0.2) is 13.9 Å². The fraction of sp³-hybridized carbons (Fsp3) is 0.429. The van der Waals surface area contributed by atoms with Crippen molar-refractivity contribution >= 4 is 21.8 Å². The van der Waals surface area contributed by atoms with E-state index in [0.717, 1.165) is 0 Å². The number of hydrogen-bond donors (Lipinski definition) is 2. The van der Waals surface area contributed by atoms with Crippen molar-refractivity contribution in [3.63, 3.8) is 0 Å². The minimum atomic E-state index is -3.63. The van der Waals surface area contributed by atoms with Crippen LogP contribution in [0.1, 0.15) is 26.3 Å². The van der Waals surface area contributed by atoms with E-state index in [1.54, 1.807) is 18.2 Å². The van der Waals surface area contributed by atoms with Crippen molar-refractivity contribution in [1.82, 2.24) is 10.2 Å². The summed E-state index contributed by atoms with van der Waals surface area (Å²) in [6.07, 6.45) is 0. The molecule has 8 heteroatoms. The molecule has 1 amide bonds. The van der Waals surface area contributed by atoms with Crippen molar-refractivity contribution in [2.24, 2.45) is 10.4 Å². The summed E-state index contributed by atoms with van der Waals surface area (Å²) < 4.78 is 26.5. The Kier molecular flexibility index (Phi) is 4.25. The smallest absolute Gasteiger partial charge is 0.268 e. The van der Waals surface area contributed by atoms with Crippen LogP contribution >= 0.6 is 0 Å². The van der Waals surface area contributed by atoms with Gasteiger partial charge in [-0.15, -0.1) is 0 Å². The average Bonchev–Trinajstić information content (AvgIpc) is 2.67. The molecule has 1 unspecified atom stereocenters. The van der Waals surface area contributed by atoms with Gasteiger partial charge in [-0.2, -0.15) is 0 Å². The summed E-state index contributed by atoms with van der Waals surface area (Å²) in [5.41, 5.74) is 2.19. The van der Waals surface area contributed by atoms with Crippen LogP contribution in [0.4, 0.5) is 0 Å². The van der Waals surface area contributed by atoms with E-state index in [2.05, 4.69) is 20.0 Å². The van der Waals surface area contributed by atoms with E-state index in [0.29, 0.717) is 5.56 Å². The van der Waals surface area contributed by atoms with Crippen LogP contribution in [0.3, 0.4) is 0 Å². The molecule has 2 rings (SSSR count). The quantitative estimate of drug-likeness (QED) is 0.804. The summed E-state index contributed by atoms with van der Waals surface area (Å²) in [7, 11) is -2.30. The lowest BCUT2D eigenvalue weighted by atomic mass is 9.86. The SMILES string of the molecule is CONC(=O)C(N=C1NS(=O)(=O)c2ccccc21)C(C)(C)C. The number of carbonyl (C=O) groups is 1. The second kappa shape index (κ2) is 5.69. The molecule has 2 N–H and O–H groups in total. The number of amidine groups is 1. The van der Waals surface area contributed by atoms with Crippen molar-refractivity contribution < 1.29 is 18.0 Å². The Morgan fingerprint density at radius 3 is 2.55 bits per heavy atom. The first-order valence-corrected chi connectivity index (χ1v) is 8.18. The van der Waals surface area contributed by atoms with Crippen LogP contribution in [0.15, 0.2) is 34.2 Å². The number of nitrogens with zero attached hydrogens (tertiary/aromatic N) is 1. The zero-order valence-electron chi connectivity index (χ0n) is 12.9. The molecule has 0 fully saturated rings. The Morgan fingerprint density at radius 2 is 1.95 bits per heavy atom. The van der Waals surface area contributed by atoms with Gasteiger partial charge < -0.3 is 0 Å². The number of benzene rings is 1. The topological polar surface area (TPSA) is 96.9 Å². The number of hydrogen-bond acceptors (Lipinski definition) is 5. The molecule has 0 saturated carbocycles. The molecular weight excluding hydrogens is 306 g/mol. The van der Waals surface area contributed by atoms with Crippen molar-refractivity contribution in [2.75, 3.05) is 7.11 Å². The maximum absolute atomic E-state index is 12.1. The Balaban J connectivity index is 2.49. The lowest BCUT2D eigenvalue weighted by Crippen LogP contribution is -2.42. The van der Waals surface area contributed by atoms with Crippen LogP contribution in [0, 0.1) is 5.41 Å². The molecule has 0 bridgehead atoms. The zero-order valence-corrected chi connectivity index (χ0v) is 13.7. The molecule has 0 aromatic heterocycles. The molecule has 1 aromatic carbocycles. The van der Waals surface area contributed by atoms with Gasteiger partial charge >= 0.3 is 0 Å². The molecule has 0 spiro atoms. The van der Waals surface area contributed by atoms with Gasteiger partial charge in [0.25, 0.3) is 15.9 Å². The van der Waals surface area contributed by atoms with Crippen molar-refractivity contribution in [1.29, 1.82) is 0 Å². The van der Waals surface area contributed by atoms with Gasteiger partial charge in [0.05, 0.1) is 12.0 Å². The lowest BCUT2D eigenvalue weighted by molar-refractivity contribution is -0.134. The van der Waals surface area contributed by atoms with Crippen LogP contribution in [0.2, 0.25) is 0 Å². The first kappa shape index (κ1) is 16.4. The summed E-state index contributed by atoms with van der Waals surface area (Å²) in [4.78, 5) is 21.3. The number of sulfonamides is 1. The highest BCUT2D eigenvalue weighted by Gasteiger charge is 2.36. The van der Waals surface area contributed by atoms with Gasteiger partial charge in [0, 0.05) is 5.56 Å². The van der Waals surface area contributed by atoms with Gasteiger partial charge in [-0.05, 0) is 17.5 Å². The number of carbonyl (C=O) groups excluding carboxylic acids is 1. The first-order chi connectivity index (χ1) is 10.2. The van der Waals surface area contributed by atoms with Crippen LogP contribution < -0.4 is 10.2 Å². The molecule has 0 aliphatic carbocycles. The largest absolute Gasteiger partial charge is 0.277 e. The van der Waals surface area contributed by atoms with Crippen molar-refractivity contribution in [3.8, 4) is 0 Å². The summed E-state index contributed by atoms with van der Waals surface area (Å²) in [5, 5.41) is 0. The Labute approximate surface area is 129 Å². The fourth-order valence-corrected chi connectivity index (χ4v) is 3.40. The first-order valence-electron chi connectivity index (χ1n) is 6.69. The van der Waals surface area contributed by atoms with Crippen LogP contribution in [-0.2, 0) is 19.7 Å². The molecule has 0 radical (unpaired) electrons. The third kappa shape index (κ3) is 3.12. The molecule has 0 saturated heterocycles. The Hall–Kier alpha value is -1.93. The van der Waals surface area contributed by atoms with Gasteiger partial charge in [-0.1, -0.05) is 32.9 Å². The molecule has 1 heterocycles. The highest BCUT2D eigenvalue weighted by atomic mass is 32.2. The Morgan fingerprint density at radius 1 is 1.32 bits per heavy atom. The van der Waals surface area contributed by atoms with Crippen LogP contribution in [-0.4, -0.2) is 33.3 Å². The highest BCUT2D eigenvalue weighted by molar-refractivity contribution is 7.90. The third-order valence-corrected chi connectivity index (χ3v) is 4.59. The molecule has 7 nitrogen and oxygen atoms in total. The van der Waals surface area contributed by atoms with Gasteiger partial charge in [0.2, 0.25) is 0 Å². The number of fused-ring (bicyclic) bond motifs is 1. The maximum atomic E-state index is 12.1. The second-order valence-electron chi connectivity index (χ2n) is 6.02. The summed E-state index contributed by atoms with van der Waals surface area (Å²) >= 11 is 0. The molecule has 1 aliphatic rings. The standard InChI is InChI=1S/C14H19N3O4S/c1-14(2,3)11(13(18)16-21-4)15-12-9-7-5-6-8-10(9)22(19,20)17-12/h5-8,11H,1-4H3,(H,15,17)(H,16,18). The van der Waals surface area contributed by atoms with E-state index in [1.807, 2.05) is 20.8 Å². The normalized spacial score (nSPS) is 19.4. The molecule has 120 valence electrons. The third-order valence-electron chi connectivity index (χ3n) is 3.19. The van der Waals surface area contributed by atoms with Gasteiger partial charge in [0.15, 0.2) is 0 Å². The maximum Gasteiger partial charge on any atom is 0.268 e. The van der Waals surface area contributed by atoms with E-state index in [-0.39, 0.29) is 10.7 Å². The minimum Gasteiger partial charge on any atom is -0.277 e. The molecule has 1 aliphatic heterocycles. The number of aliphatic imine (C=N–C) groups is 1. The Bertz CT molecular complexity index is 720. The van der Waals surface area contributed by atoms with E-state index >= 15 is 0 Å². The summed E-state index contributed by atoms with van der Waals surface area (Å²) in [5.74, 6) is -0.271. The highest BCUT2D eigenvalue weighted by Crippen LogP contribution is 2.27. The van der Waals surface area contributed by atoms with E-state index in [1.165, 1.54) is 13.2 Å². The second-order valence-corrected chi connectivity index (χ2v) is 7.67. The van der Waals surface area contributed by atoms with Gasteiger partial charge in [-0.3, -0.25) is 19.3 Å². The monoisotopic (exact) mass is 325 g/mol. The molecule has 1 aromatic rings. The van der Waals surface area contributed by atoms with E-state index < -0.39 is 27.4 Å². The summed E-state index contributed by atoms with van der Waals surface area (Å²) in [6, 6.07) is 5.70. The number of nitrogens with one attached hydrogen (secondary N) is 2. The van der Waals surface area contributed by atoms with Crippen molar-refractivity contribution in [3.05, 3.63) is 29.8 Å². The average molecular weight is 325 g/mol. The lowest BCUT2D eigenvalue weighted by Gasteiger charge is -2.26. The van der Waals surface area contributed by atoms with Crippen molar-refractivity contribution in [2.45, 2.75) is 31.7 Å². The number of hydroxylamine groups is 1. The zero-order chi connectivity index (χ0) is 16.5. The predicted molar refractivity (Wildman–Crippen MR) is 81.7 cm³/mol. The predicted octanol–water partition coefficient (Wildman–Crippen LogP) is 0.817. The summed E-state index contributed by atoms with van der Waals surface area (Å²) in [6.45, 7) is 5.52. The fourth-order valence-electron chi connectivity index (χ4n) is 2.16.